The molecule has 0 bridgehead atoms. The highest BCUT2D eigenvalue weighted by molar-refractivity contribution is 9.11. The van der Waals surface area contributed by atoms with Gasteiger partial charge in [0.05, 0.1) is 15.3 Å². The highest BCUT2D eigenvalue weighted by atomic mass is 79.9. The van der Waals surface area contributed by atoms with E-state index >= 15 is 0 Å². The van der Waals surface area contributed by atoms with Crippen molar-refractivity contribution in [2.24, 2.45) is 0 Å². The number of nitrogens with zero attached hydrogens (tertiary/aromatic N) is 2. The number of benzene rings is 1. The third kappa shape index (κ3) is 4.82. The SMILES string of the molecule is CC(NC(=O)c1ccc(Br)s1)C(=O)N1CCN(Cc2ccc3c(c2)CCO3)CC1. The fraction of sp³-hybridized carbons (Fsp3) is 0.429. The van der Waals surface area contributed by atoms with Crippen molar-refractivity contribution in [1.82, 2.24) is 15.1 Å². The summed E-state index contributed by atoms with van der Waals surface area (Å²) in [5, 5.41) is 2.82. The summed E-state index contributed by atoms with van der Waals surface area (Å²) in [7, 11) is 0. The number of amides is 2. The van der Waals surface area contributed by atoms with Crippen molar-refractivity contribution in [3.05, 3.63) is 50.1 Å². The number of fused-ring (bicyclic) bond motifs is 1. The summed E-state index contributed by atoms with van der Waals surface area (Å²) in [5.41, 5.74) is 2.58. The predicted octanol–water partition coefficient (Wildman–Crippen LogP) is 2.91. The van der Waals surface area contributed by atoms with Crippen LogP contribution in [0.2, 0.25) is 0 Å². The standard InChI is InChI=1S/C21H24BrN3O3S/c1-14(23-20(26)18-4-5-19(22)29-18)21(27)25-9-7-24(8-10-25)13-15-2-3-17-16(12-15)6-11-28-17/h2-5,12,14H,6-11,13H2,1H3,(H,23,26). The van der Waals surface area contributed by atoms with Crippen molar-refractivity contribution >= 4 is 39.1 Å². The van der Waals surface area contributed by atoms with Crippen molar-refractivity contribution < 1.29 is 14.3 Å². The van der Waals surface area contributed by atoms with Crippen LogP contribution in [-0.2, 0) is 17.8 Å². The zero-order valence-electron chi connectivity index (χ0n) is 16.3. The molecule has 2 aliphatic rings. The Labute approximate surface area is 183 Å². The lowest BCUT2D eigenvalue weighted by molar-refractivity contribution is -0.134. The molecule has 29 heavy (non-hydrogen) atoms. The van der Waals surface area contributed by atoms with Crippen LogP contribution in [-0.4, -0.2) is 60.4 Å². The van der Waals surface area contributed by atoms with E-state index in [9.17, 15) is 9.59 Å². The normalized spacial score (nSPS) is 17.5. The van der Waals surface area contributed by atoms with Crippen LogP contribution in [0.4, 0.5) is 0 Å². The predicted molar refractivity (Wildman–Crippen MR) is 116 cm³/mol. The van der Waals surface area contributed by atoms with Crippen molar-refractivity contribution in [2.75, 3.05) is 32.8 Å². The molecule has 154 valence electrons. The van der Waals surface area contributed by atoms with Crippen molar-refractivity contribution in [3.8, 4) is 5.75 Å². The quantitative estimate of drug-likeness (QED) is 0.718. The van der Waals surface area contributed by atoms with Gasteiger partial charge in [-0.1, -0.05) is 12.1 Å². The Hall–Kier alpha value is -1.90. The van der Waals surface area contributed by atoms with E-state index in [0.717, 1.165) is 42.2 Å². The van der Waals surface area contributed by atoms with E-state index in [4.69, 9.17) is 4.74 Å². The highest BCUT2D eigenvalue weighted by Gasteiger charge is 2.26. The number of nitrogens with one attached hydrogen (secondary N) is 1. The first kappa shape index (κ1) is 20.4. The Kier molecular flexibility index (Phi) is 6.22. The topological polar surface area (TPSA) is 61.9 Å². The zero-order valence-corrected chi connectivity index (χ0v) is 18.7. The summed E-state index contributed by atoms with van der Waals surface area (Å²) < 4.78 is 6.47. The first-order valence-corrected chi connectivity index (χ1v) is 11.4. The van der Waals surface area contributed by atoms with E-state index in [1.807, 2.05) is 11.0 Å². The molecule has 1 aromatic carbocycles. The molecule has 8 heteroatoms. The summed E-state index contributed by atoms with van der Waals surface area (Å²) in [5.74, 6) is 0.777. The van der Waals surface area contributed by atoms with Gasteiger partial charge in [-0.2, -0.15) is 0 Å². The molecule has 4 rings (SSSR count). The van der Waals surface area contributed by atoms with Gasteiger partial charge in [-0.25, -0.2) is 0 Å². The highest BCUT2D eigenvalue weighted by Crippen LogP contribution is 2.26. The van der Waals surface area contributed by atoms with Crippen LogP contribution in [0.1, 0.15) is 27.7 Å². The first-order chi connectivity index (χ1) is 14.0. The van der Waals surface area contributed by atoms with E-state index in [1.54, 1.807) is 13.0 Å². The summed E-state index contributed by atoms with van der Waals surface area (Å²) in [6.07, 6.45) is 0.984. The molecule has 0 spiro atoms. The van der Waals surface area contributed by atoms with E-state index in [2.05, 4.69) is 44.3 Å². The van der Waals surface area contributed by atoms with Gasteiger partial charge in [-0.05, 0) is 52.2 Å². The molecule has 1 N–H and O–H groups in total. The van der Waals surface area contributed by atoms with Gasteiger partial charge in [0.1, 0.15) is 11.8 Å². The van der Waals surface area contributed by atoms with Crippen LogP contribution in [0, 0.1) is 0 Å². The van der Waals surface area contributed by atoms with Crippen molar-refractivity contribution in [1.29, 1.82) is 0 Å². The molecule has 3 heterocycles. The van der Waals surface area contributed by atoms with E-state index in [-0.39, 0.29) is 11.8 Å². The van der Waals surface area contributed by atoms with Crippen molar-refractivity contribution in [2.45, 2.75) is 25.9 Å². The van der Waals surface area contributed by atoms with Gasteiger partial charge in [0, 0.05) is 39.1 Å². The molecule has 0 saturated carbocycles. The number of halogens is 1. The van der Waals surface area contributed by atoms with Gasteiger partial charge in [0.2, 0.25) is 5.91 Å². The minimum absolute atomic E-state index is 0.0247. The first-order valence-electron chi connectivity index (χ1n) is 9.81. The van der Waals surface area contributed by atoms with Crippen molar-refractivity contribution in [3.63, 3.8) is 0 Å². The third-order valence-corrected chi connectivity index (χ3v) is 6.98. The lowest BCUT2D eigenvalue weighted by atomic mass is 10.1. The number of carbonyl (C=O) groups is 2. The molecule has 0 aliphatic carbocycles. The van der Waals surface area contributed by atoms with E-state index < -0.39 is 6.04 Å². The largest absolute Gasteiger partial charge is 0.493 e. The number of hydrogen-bond donors (Lipinski definition) is 1. The van der Waals surface area contributed by atoms with Crippen LogP contribution in [0.3, 0.4) is 0 Å². The smallest absolute Gasteiger partial charge is 0.262 e. The molecule has 1 unspecified atom stereocenters. The number of thiophene rings is 1. The molecular weight excluding hydrogens is 454 g/mol. The minimum atomic E-state index is -0.536. The lowest BCUT2D eigenvalue weighted by Gasteiger charge is -2.36. The van der Waals surface area contributed by atoms with Gasteiger partial charge in [0.25, 0.3) is 5.91 Å². The average molecular weight is 478 g/mol. The molecule has 1 aromatic heterocycles. The summed E-state index contributed by atoms with van der Waals surface area (Å²) >= 11 is 4.71. The maximum atomic E-state index is 12.7. The van der Waals surface area contributed by atoms with Gasteiger partial charge in [-0.15, -0.1) is 11.3 Å². The molecule has 1 atom stereocenters. The van der Waals surface area contributed by atoms with Gasteiger partial charge in [-0.3, -0.25) is 14.5 Å². The van der Waals surface area contributed by atoms with Gasteiger partial charge in [0.15, 0.2) is 0 Å². The second-order valence-electron chi connectivity index (χ2n) is 7.44. The van der Waals surface area contributed by atoms with Crippen LogP contribution >= 0.6 is 27.3 Å². The van der Waals surface area contributed by atoms with E-state index in [0.29, 0.717) is 18.0 Å². The van der Waals surface area contributed by atoms with Crippen LogP contribution < -0.4 is 10.1 Å². The molecule has 1 fully saturated rings. The summed E-state index contributed by atoms with van der Waals surface area (Å²) in [4.78, 5) is 29.8. The van der Waals surface area contributed by atoms with Gasteiger partial charge < -0.3 is 15.0 Å². The molecule has 6 nitrogen and oxygen atoms in total. The second kappa shape index (κ2) is 8.85. The molecule has 2 amide bonds. The molecule has 1 saturated heterocycles. The number of hydrogen-bond acceptors (Lipinski definition) is 5. The maximum absolute atomic E-state index is 12.7. The Bertz CT molecular complexity index is 908. The maximum Gasteiger partial charge on any atom is 0.262 e. The number of carbonyl (C=O) groups excluding carboxylic acids is 2. The minimum Gasteiger partial charge on any atom is -0.493 e. The second-order valence-corrected chi connectivity index (χ2v) is 9.90. The van der Waals surface area contributed by atoms with Crippen LogP contribution in [0.15, 0.2) is 34.1 Å². The average Bonchev–Trinajstić information content (AvgIpc) is 3.36. The Morgan fingerprint density at radius 2 is 2.00 bits per heavy atom. The Balaban J connectivity index is 1.26. The Morgan fingerprint density at radius 1 is 1.21 bits per heavy atom. The van der Waals surface area contributed by atoms with Gasteiger partial charge >= 0.3 is 0 Å². The molecule has 0 radical (unpaired) electrons. The third-order valence-electron chi connectivity index (χ3n) is 5.36. The fourth-order valence-electron chi connectivity index (χ4n) is 3.76. The summed E-state index contributed by atoms with van der Waals surface area (Å²) in [6, 6.07) is 9.48. The van der Waals surface area contributed by atoms with Crippen LogP contribution in [0.25, 0.3) is 0 Å². The van der Waals surface area contributed by atoms with Crippen LogP contribution in [0.5, 0.6) is 5.75 Å². The number of piperazine rings is 1. The molecular formula is C21H24BrN3O3S. The summed E-state index contributed by atoms with van der Waals surface area (Å²) in [6.45, 7) is 6.43. The molecule has 2 aromatic rings. The fourth-order valence-corrected chi connectivity index (χ4v) is 5.05. The number of ether oxygens (including phenoxy) is 1. The van der Waals surface area contributed by atoms with E-state index in [1.165, 1.54) is 22.5 Å². The monoisotopic (exact) mass is 477 g/mol. The number of rotatable bonds is 5. The lowest BCUT2D eigenvalue weighted by Crippen LogP contribution is -2.53. The zero-order chi connectivity index (χ0) is 20.4. The molecule has 2 aliphatic heterocycles. The Morgan fingerprint density at radius 3 is 2.72 bits per heavy atom.